The van der Waals surface area contributed by atoms with Crippen LogP contribution < -0.4 is 15.4 Å². The van der Waals surface area contributed by atoms with Crippen molar-refractivity contribution < 1.29 is 4.74 Å². The van der Waals surface area contributed by atoms with Crippen LogP contribution in [-0.4, -0.2) is 38.2 Å². The highest BCUT2D eigenvalue weighted by atomic mass is 16.5. The number of hydrogen-bond acceptors (Lipinski definition) is 4. The van der Waals surface area contributed by atoms with E-state index in [1.54, 1.807) is 7.11 Å². The van der Waals surface area contributed by atoms with E-state index in [1.807, 2.05) is 6.07 Å². The number of nitrogens with zero attached hydrogens (tertiary/aromatic N) is 2. The molecule has 2 aliphatic heterocycles. The highest BCUT2D eigenvalue weighted by Gasteiger charge is 2.25. The lowest BCUT2D eigenvalue weighted by molar-refractivity contribution is 0.227. The van der Waals surface area contributed by atoms with Crippen molar-refractivity contribution in [1.82, 2.24) is 4.90 Å². The fraction of sp³-hybridized carbons (Fsp3) is 0.417. The van der Waals surface area contributed by atoms with Gasteiger partial charge in [0.25, 0.3) is 0 Å². The highest BCUT2D eigenvalue weighted by molar-refractivity contribution is 5.76. The van der Waals surface area contributed by atoms with E-state index in [0.717, 1.165) is 61.8 Å². The second-order valence-corrected chi connectivity index (χ2v) is 8.01. The van der Waals surface area contributed by atoms with Crippen molar-refractivity contribution in [2.45, 2.75) is 31.6 Å². The van der Waals surface area contributed by atoms with Gasteiger partial charge in [0.05, 0.1) is 18.5 Å². The van der Waals surface area contributed by atoms with Crippen molar-refractivity contribution in [1.29, 1.82) is 0 Å². The molecular weight excluding hydrogens is 346 g/mol. The number of methoxy groups -OCH3 is 1. The number of ether oxygens (including phenoxy) is 1. The van der Waals surface area contributed by atoms with Crippen LogP contribution in [-0.2, 0) is 6.42 Å². The van der Waals surface area contributed by atoms with Crippen LogP contribution in [0.5, 0.6) is 5.75 Å². The lowest BCUT2D eigenvalue weighted by Gasteiger charge is -2.38. The summed E-state index contributed by atoms with van der Waals surface area (Å²) in [4.78, 5) is 4.87. The van der Waals surface area contributed by atoms with Gasteiger partial charge < -0.3 is 15.4 Å². The van der Waals surface area contributed by atoms with Crippen LogP contribution in [0, 0.1) is 0 Å². The maximum atomic E-state index is 6.39. The molecule has 28 heavy (non-hydrogen) atoms. The van der Waals surface area contributed by atoms with Crippen LogP contribution >= 0.6 is 0 Å². The Bertz CT molecular complexity index is 825. The van der Waals surface area contributed by atoms with Gasteiger partial charge in [0.2, 0.25) is 0 Å². The van der Waals surface area contributed by atoms with E-state index in [4.69, 9.17) is 10.5 Å². The number of hydrogen-bond donors (Lipinski definition) is 1. The van der Waals surface area contributed by atoms with Gasteiger partial charge >= 0.3 is 0 Å². The Morgan fingerprint density at radius 2 is 1.89 bits per heavy atom. The number of piperidine rings is 1. The molecule has 2 aliphatic rings. The average Bonchev–Trinajstić information content (AvgIpc) is 2.74. The number of fused-ring (bicyclic) bond motifs is 1. The summed E-state index contributed by atoms with van der Waals surface area (Å²) in [5, 5.41) is 0. The summed E-state index contributed by atoms with van der Waals surface area (Å²) in [5.41, 5.74) is 12.2. The third-order valence-electron chi connectivity index (χ3n) is 6.17. The van der Waals surface area contributed by atoms with Gasteiger partial charge in [0.1, 0.15) is 5.75 Å². The molecule has 2 aromatic rings. The first-order chi connectivity index (χ1) is 13.7. The third-order valence-corrected chi connectivity index (χ3v) is 6.17. The van der Waals surface area contributed by atoms with Gasteiger partial charge in [-0.25, -0.2) is 0 Å². The Balaban J connectivity index is 1.40. The molecule has 0 radical (unpaired) electrons. The van der Waals surface area contributed by atoms with Gasteiger partial charge in [-0.2, -0.15) is 0 Å². The normalized spacial score (nSPS) is 18.0. The second-order valence-electron chi connectivity index (χ2n) is 8.01. The lowest BCUT2D eigenvalue weighted by atomic mass is 9.89. The summed E-state index contributed by atoms with van der Waals surface area (Å²) < 4.78 is 5.40. The molecule has 4 nitrogen and oxygen atoms in total. The number of benzene rings is 2. The predicted molar refractivity (Wildman–Crippen MR) is 117 cm³/mol. The summed E-state index contributed by atoms with van der Waals surface area (Å²) in [6, 6.07) is 15.0. The van der Waals surface area contributed by atoms with Crippen LogP contribution in [0.2, 0.25) is 0 Å². The van der Waals surface area contributed by atoms with E-state index in [0.29, 0.717) is 5.92 Å². The quantitative estimate of drug-likeness (QED) is 0.783. The lowest BCUT2D eigenvalue weighted by Crippen LogP contribution is -2.39. The van der Waals surface area contributed by atoms with E-state index in [1.165, 1.54) is 24.0 Å². The van der Waals surface area contributed by atoms with Gasteiger partial charge in [-0.3, -0.25) is 4.90 Å². The van der Waals surface area contributed by atoms with E-state index in [2.05, 4.69) is 52.8 Å². The number of nitrogen functional groups attached to an aromatic ring is 1. The monoisotopic (exact) mass is 377 g/mol. The van der Waals surface area contributed by atoms with E-state index < -0.39 is 0 Å². The van der Waals surface area contributed by atoms with Gasteiger partial charge in [-0.15, -0.1) is 0 Å². The van der Waals surface area contributed by atoms with Crippen LogP contribution in [0.4, 0.5) is 11.4 Å². The van der Waals surface area contributed by atoms with Crippen molar-refractivity contribution in [3.63, 3.8) is 0 Å². The SMILES string of the molecule is C=C(CN1CCC(c2ccccc2)CC1)N1CCCc2cc(OC)cc(N)c21. The maximum absolute atomic E-state index is 6.39. The Labute approximate surface area is 168 Å². The van der Waals surface area contributed by atoms with Crippen molar-refractivity contribution >= 4 is 11.4 Å². The fourth-order valence-electron chi connectivity index (χ4n) is 4.68. The largest absolute Gasteiger partial charge is 0.497 e. The average molecular weight is 378 g/mol. The van der Waals surface area contributed by atoms with E-state index >= 15 is 0 Å². The molecule has 2 N–H and O–H groups in total. The smallest absolute Gasteiger partial charge is 0.121 e. The minimum absolute atomic E-state index is 0.685. The molecule has 0 saturated carbocycles. The van der Waals surface area contributed by atoms with Crippen LogP contribution in [0.1, 0.15) is 36.3 Å². The highest BCUT2D eigenvalue weighted by Crippen LogP contribution is 2.38. The Hall–Kier alpha value is -2.46. The topological polar surface area (TPSA) is 41.7 Å². The Morgan fingerprint density at radius 3 is 2.61 bits per heavy atom. The molecule has 2 heterocycles. The molecule has 0 atom stereocenters. The molecular formula is C24H31N3O. The van der Waals surface area contributed by atoms with Crippen LogP contribution in [0.25, 0.3) is 0 Å². The number of rotatable bonds is 5. The molecule has 2 aromatic carbocycles. The van der Waals surface area contributed by atoms with E-state index in [9.17, 15) is 0 Å². The van der Waals surface area contributed by atoms with Gasteiger partial charge in [0.15, 0.2) is 0 Å². The summed E-state index contributed by atoms with van der Waals surface area (Å²) >= 11 is 0. The van der Waals surface area contributed by atoms with Crippen molar-refractivity contribution in [3.05, 3.63) is 65.9 Å². The minimum atomic E-state index is 0.685. The molecule has 0 aliphatic carbocycles. The summed E-state index contributed by atoms with van der Waals surface area (Å²) in [5.74, 6) is 1.52. The van der Waals surface area contributed by atoms with Crippen LogP contribution in [0.3, 0.4) is 0 Å². The third kappa shape index (κ3) is 3.88. The summed E-state index contributed by atoms with van der Waals surface area (Å²) in [6.07, 6.45) is 4.60. The molecule has 1 saturated heterocycles. The zero-order valence-electron chi connectivity index (χ0n) is 16.9. The fourth-order valence-corrected chi connectivity index (χ4v) is 4.68. The molecule has 1 fully saturated rings. The molecule has 4 rings (SSSR count). The number of likely N-dealkylation sites (tertiary alicyclic amines) is 1. The first-order valence-corrected chi connectivity index (χ1v) is 10.3. The molecule has 4 heteroatoms. The molecule has 0 bridgehead atoms. The predicted octanol–water partition coefficient (Wildman–Crippen LogP) is 4.42. The number of aryl methyl sites for hydroxylation is 1. The zero-order valence-corrected chi connectivity index (χ0v) is 16.9. The zero-order chi connectivity index (χ0) is 19.5. The maximum Gasteiger partial charge on any atom is 0.121 e. The Morgan fingerprint density at radius 1 is 1.14 bits per heavy atom. The van der Waals surface area contributed by atoms with Gasteiger partial charge in [-0.1, -0.05) is 36.9 Å². The number of anilines is 2. The standard InChI is InChI=1S/C24H31N3O/c1-18(17-26-13-10-20(11-14-26)19-7-4-3-5-8-19)27-12-6-9-21-15-22(28-2)16-23(25)24(21)27/h3-5,7-8,15-16,20H,1,6,9-14,17,25H2,2H3. The number of nitrogens with two attached hydrogens (primary N) is 1. The van der Waals surface area contributed by atoms with Crippen molar-refractivity contribution in [3.8, 4) is 5.75 Å². The molecule has 0 spiro atoms. The van der Waals surface area contributed by atoms with Crippen LogP contribution in [0.15, 0.2) is 54.7 Å². The van der Waals surface area contributed by atoms with Crippen molar-refractivity contribution in [2.75, 3.05) is 43.9 Å². The second kappa shape index (κ2) is 8.27. The van der Waals surface area contributed by atoms with Crippen molar-refractivity contribution in [2.24, 2.45) is 0 Å². The molecule has 148 valence electrons. The Kier molecular flexibility index (Phi) is 5.58. The minimum Gasteiger partial charge on any atom is -0.497 e. The first kappa shape index (κ1) is 18.9. The molecule has 0 unspecified atom stereocenters. The molecule has 0 amide bonds. The van der Waals surface area contributed by atoms with Gasteiger partial charge in [0, 0.05) is 24.9 Å². The first-order valence-electron chi connectivity index (χ1n) is 10.3. The van der Waals surface area contributed by atoms with E-state index in [-0.39, 0.29) is 0 Å². The molecule has 0 aromatic heterocycles. The summed E-state index contributed by atoms with van der Waals surface area (Å²) in [7, 11) is 1.69. The summed E-state index contributed by atoms with van der Waals surface area (Å²) in [6.45, 7) is 8.57. The van der Waals surface area contributed by atoms with Gasteiger partial charge in [-0.05, 0) is 61.9 Å².